The molecule has 2 rings (SSSR count). The summed E-state index contributed by atoms with van der Waals surface area (Å²) in [5.41, 5.74) is 6.37. The Balaban J connectivity index is 2.70. The van der Waals surface area contributed by atoms with Crippen LogP contribution >= 0.6 is 0 Å². The molecule has 1 aromatic carbocycles. The van der Waals surface area contributed by atoms with Crippen LogP contribution in [-0.4, -0.2) is 30.3 Å². The molecule has 2 N–H and O–H groups in total. The molecular weight excluding hydrogens is 286 g/mol. The van der Waals surface area contributed by atoms with Crippen molar-refractivity contribution in [2.24, 2.45) is 0 Å². The highest BCUT2D eigenvalue weighted by Crippen LogP contribution is 2.31. The molecule has 0 aliphatic rings. The van der Waals surface area contributed by atoms with E-state index in [0.717, 1.165) is 0 Å². The van der Waals surface area contributed by atoms with Crippen LogP contribution in [0.3, 0.4) is 0 Å². The Labute approximate surface area is 125 Å². The number of hydrogen-bond acceptors (Lipinski definition) is 4. The number of benzene rings is 1. The molecule has 2 aromatic rings. The standard InChI is InChI=1S/C15H21N3O2S/c1-5-15(2,3)18(4)21(19,20)13-9-8-12(16)11-7-6-10-17-14(11)13/h6-10H,5,16H2,1-4H3. The Morgan fingerprint density at radius 1 is 1.29 bits per heavy atom. The summed E-state index contributed by atoms with van der Waals surface area (Å²) in [6.07, 6.45) is 2.29. The first-order valence-electron chi connectivity index (χ1n) is 6.84. The average molecular weight is 307 g/mol. The fourth-order valence-corrected chi connectivity index (χ4v) is 3.79. The summed E-state index contributed by atoms with van der Waals surface area (Å²) in [5.74, 6) is 0. The highest BCUT2D eigenvalue weighted by atomic mass is 32.2. The van der Waals surface area contributed by atoms with Crippen molar-refractivity contribution in [2.45, 2.75) is 37.6 Å². The Bertz CT molecular complexity index is 770. The van der Waals surface area contributed by atoms with Crippen LogP contribution in [0.4, 0.5) is 5.69 Å². The van der Waals surface area contributed by atoms with Gasteiger partial charge in [0.1, 0.15) is 4.90 Å². The van der Waals surface area contributed by atoms with Crippen LogP contribution in [0.15, 0.2) is 35.4 Å². The third-order valence-corrected chi connectivity index (χ3v) is 6.22. The molecule has 0 saturated heterocycles. The van der Waals surface area contributed by atoms with E-state index < -0.39 is 15.6 Å². The molecule has 1 aromatic heterocycles. The van der Waals surface area contributed by atoms with E-state index in [1.165, 1.54) is 10.4 Å². The smallest absolute Gasteiger partial charge is 0.245 e. The van der Waals surface area contributed by atoms with E-state index in [4.69, 9.17) is 5.73 Å². The average Bonchev–Trinajstić information content (AvgIpc) is 2.46. The summed E-state index contributed by atoms with van der Waals surface area (Å²) in [6, 6.07) is 6.67. The molecule has 0 saturated carbocycles. The summed E-state index contributed by atoms with van der Waals surface area (Å²) in [5, 5.41) is 0.654. The van der Waals surface area contributed by atoms with Gasteiger partial charge in [-0.2, -0.15) is 4.31 Å². The van der Waals surface area contributed by atoms with Crippen molar-refractivity contribution < 1.29 is 8.42 Å². The number of pyridine rings is 1. The number of sulfonamides is 1. The summed E-state index contributed by atoms with van der Waals surface area (Å²) in [4.78, 5) is 4.40. The molecule has 0 bridgehead atoms. The van der Waals surface area contributed by atoms with Gasteiger partial charge in [-0.05, 0) is 44.5 Å². The minimum absolute atomic E-state index is 0.191. The highest BCUT2D eigenvalue weighted by Gasteiger charge is 2.34. The van der Waals surface area contributed by atoms with Crippen molar-refractivity contribution in [3.05, 3.63) is 30.5 Å². The first-order chi connectivity index (χ1) is 9.71. The van der Waals surface area contributed by atoms with Crippen molar-refractivity contribution >= 4 is 26.6 Å². The fraction of sp³-hybridized carbons (Fsp3) is 0.400. The maximum Gasteiger partial charge on any atom is 0.245 e. The van der Waals surface area contributed by atoms with E-state index in [0.29, 0.717) is 23.0 Å². The van der Waals surface area contributed by atoms with Crippen LogP contribution in [0.1, 0.15) is 27.2 Å². The SMILES string of the molecule is CCC(C)(C)N(C)S(=O)(=O)c1ccc(N)c2cccnc12. The van der Waals surface area contributed by atoms with E-state index >= 15 is 0 Å². The largest absolute Gasteiger partial charge is 0.398 e. The highest BCUT2D eigenvalue weighted by molar-refractivity contribution is 7.89. The van der Waals surface area contributed by atoms with Gasteiger partial charge in [0.2, 0.25) is 10.0 Å². The van der Waals surface area contributed by atoms with E-state index in [1.807, 2.05) is 20.8 Å². The second-order valence-electron chi connectivity index (χ2n) is 5.69. The first kappa shape index (κ1) is 15.7. The number of aromatic nitrogens is 1. The van der Waals surface area contributed by atoms with Gasteiger partial charge < -0.3 is 5.73 Å². The predicted molar refractivity (Wildman–Crippen MR) is 85.5 cm³/mol. The number of nitrogen functional groups attached to an aromatic ring is 1. The van der Waals surface area contributed by atoms with Crippen molar-refractivity contribution in [2.75, 3.05) is 12.8 Å². The Kier molecular flexibility index (Phi) is 3.95. The molecular formula is C15H21N3O2S. The molecule has 114 valence electrons. The molecule has 0 radical (unpaired) electrons. The lowest BCUT2D eigenvalue weighted by molar-refractivity contribution is 0.257. The summed E-state index contributed by atoms with van der Waals surface area (Å²) >= 11 is 0. The number of rotatable bonds is 4. The van der Waals surface area contributed by atoms with Gasteiger partial charge in [-0.3, -0.25) is 4.98 Å². The van der Waals surface area contributed by atoms with Crippen LogP contribution in [-0.2, 0) is 10.0 Å². The van der Waals surface area contributed by atoms with Gasteiger partial charge in [0.25, 0.3) is 0 Å². The first-order valence-corrected chi connectivity index (χ1v) is 8.28. The van der Waals surface area contributed by atoms with Crippen LogP contribution in [0.5, 0.6) is 0 Å². The second kappa shape index (κ2) is 5.27. The zero-order chi connectivity index (χ0) is 15.8. The lowest BCUT2D eigenvalue weighted by Crippen LogP contribution is -2.44. The van der Waals surface area contributed by atoms with Gasteiger partial charge in [0.05, 0.1) is 5.52 Å². The van der Waals surface area contributed by atoms with Crippen LogP contribution in [0.25, 0.3) is 10.9 Å². The zero-order valence-electron chi connectivity index (χ0n) is 12.8. The minimum Gasteiger partial charge on any atom is -0.398 e. The summed E-state index contributed by atoms with van der Waals surface area (Å²) in [6.45, 7) is 5.76. The van der Waals surface area contributed by atoms with Gasteiger partial charge in [0, 0.05) is 29.9 Å². The molecule has 0 unspecified atom stereocenters. The Morgan fingerprint density at radius 2 is 1.95 bits per heavy atom. The Hall–Kier alpha value is -1.66. The lowest BCUT2D eigenvalue weighted by atomic mass is 10.0. The maximum atomic E-state index is 12.9. The molecule has 0 amide bonds. The van der Waals surface area contributed by atoms with Crippen molar-refractivity contribution in [3.8, 4) is 0 Å². The molecule has 1 heterocycles. The van der Waals surface area contributed by atoms with Crippen LogP contribution < -0.4 is 5.73 Å². The molecule has 0 aliphatic heterocycles. The number of nitrogens with two attached hydrogens (primary N) is 1. The van der Waals surface area contributed by atoms with E-state index in [-0.39, 0.29) is 4.90 Å². The normalized spacial score (nSPS) is 13.0. The molecule has 6 heteroatoms. The summed E-state index contributed by atoms with van der Waals surface area (Å²) < 4.78 is 27.2. The lowest BCUT2D eigenvalue weighted by Gasteiger charge is -2.33. The topological polar surface area (TPSA) is 76.3 Å². The van der Waals surface area contributed by atoms with Crippen LogP contribution in [0.2, 0.25) is 0 Å². The third-order valence-electron chi connectivity index (χ3n) is 4.12. The number of nitrogens with zero attached hydrogens (tertiary/aromatic N) is 2. The molecule has 0 atom stereocenters. The summed E-state index contributed by atoms with van der Waals surface area (Å²) in [7, 11) is -2.04. The maximum absolute atomic E-state index is 12.9. The van der Waals surface area contributed by atoms with Crippen molar-refractivity contribution in [3.63, 3.8) is 0 Å². The molecule has 0 aliphatic carbocycles. The van der Waals surface area contributed by atoms with E-state index in [9.17, 15) is 8.42 Å². The van der Waals surface area contributed by atoms with Gasteiger partial charge in [0.15, 0.2) is 0 Å². The fourth-order valence-electron chi connectivity index (χ4n) is 2.07. The predicted octanol–water partition coefficient (Wildman–Crippen LogP) is 2.63. The van der Waals surface area contributed by atoms with Crippen LogP contribution in [0, 0.1) is 0 Å². The van der Waals surface area contributed by atoms with Gasteiger partial charge in [-0.25, -0.2) is 8.42 Å². The van der Waals surface area contributed by atoms with Gasteiger partial charge in [-0.1, -0.05) is 6.92 Å². The number of anilines is 1. The van der Waals surface area contributed by atoms with Crippen molar-refractivity contribution in [1.82, 2.24) is 9.29 Å². The third kappa shape index (κ3) is 2.61. The number of hydrogen-bond donors (Lipinski definition) is 1. The molecule has 0 fully saturated rings. The van der Waals surface area contributed by atoms with Gasteiger partial charge in [-0.15, -0.1) is 0 Å². The van der Waals surface area contributed by atoms with Gasteiger partial charge >= 0.3 is 0 Å². The molecule has 5 nitrogen and oxygen atoms in total. The Morgan fingerprint density at radius 3 is 2.57 bits per heavy atom. The monoisotopic (exact) mass is 307 g/mol. The molecule has 21 heavy (non-hydrogen) atoms. The second-order valence-corrected chi connectivity index (χ2v) is 7.63. The zero-order valence-corrected chi connectivity index (χ0v) is 13.6. The number of fused-ring (bicyclic) bond motifs is 1. The minimum atomic E-state index is -3.64. The van der Waals surface area contributed by atoms with E-state index in [1.54, 1.807) is 31.4 Å². The quantitative estimate of drug-likeness (QED) is 0.881. The van der Waals surface area contributed by atoms with Crippen molar-refractivity contribution in [1.29, 1.82) is 0 Å². The molecule has 0 spiro atoms. The van der Waals surface area contributed by atoms with E-state index in [2.05, 4.69) is 4.98 Å².